The van der Waals surface area contributed by atoms with Gasteiger partial charge in [0.15, 0.2) is 11.5 Å². The van der Waals surface area contributed by atoms with Crippen molar-refractivity contribution in [2.24, 2.45) is 10.9 Å². The topological polar surface area (TPSA) is 102 Å². The summed E-state index contributed by atoms with van der Waals surface area (Å²) >= 11 is 7.59. The average molecular weight is 491 g/mol. The van der Waals surface area contributed by atoms with Crippen LogP contribution in [-0.2, 0) is 21.1 Å². The van der Waals surface area contributed by atoms with E-state index in [1.165, 1.54) is 30.2 Å². The molecule has 2 aromatic rings. The number of carbonyl (C=O) groups excluding carboxylic acids is 3. The zero-order valence-electron chi connectivity index (χ0n) is 18.2. The van der Waals surface area contributed by atoms with Crippen LogP contribution < -0.4 is 15.4 Å². The molecule has 1 aromatic heterocycles. The summed E-state index contributed by atoms with van der Waals surface area (Å²) in [5.74, 6) is -0.397. The molecule has 176 valence electrons. The van der Waals surface area contributed by atoms with E-state index in [-0.39, 0.29) is 29.7 Å². The van der Waals surface area contributed by atoms with Crippen LogP contribution in [0, 0.1) is 5.92 Å². The van der Waals surface area contributed by atoms with Gasteiger partial charge in [-0.3, -0.25) is 19.0 Å². The molecule has 1 atom stereocenters. The summed E-state index contributed by atoms with van der Waals surface area (Å²) in [6.45, 7) is 0.797. The molecular formula is C23H27ClN4O4S. The number of nitrogens with one attached hydrogen (secondary N) is 2. The van der Waals surface area contributed by atoms with Crippen molar-refractivity contribution in [3.8, 4) is 0 Å². The smallest absolute Gasteiger partial charge is 0.324 e. The van der Waals surface area contributed by atoms with Crippen molar-refractivity contribution in [2.75, 3.05) is 11.9 Å². The zero-order chi connectivity index (χ0) is 23.2. The number of hydrogen-bond acceptors (Lipinski definition) is 6. The Kier molecular flexibility index (Phi) is 7.95. The van der Waals surface area contributed by atoms with E-state index < -0.39 is 5.91 Å². The van der Waals surface area contributed by atoms with Gasteiger partial charge in [0.25, 0.3) is 5.91 Å². The van der Waals surface area contributed by atoms with E-state index in [0.29, 0.717) is 28.4 Å². The molecule has 2 aliphatic rings. The first-order chi connectivity index (χ1) is 16.0. The van der Waals surface area contributed by atoms with Gasteiger partial charge in [0.2, 0.25) is 5.91 Å². The first kappa shape index (κ1) is 23.7. The lowest BCUT2D eigenvalue weighted by molar-refractivity contribution is -0.149. The molecule has 1 unspecified atom stereocenters. The van der Waals surface area contributed by atoms with E-state index in [4.69, 9.17) is 16.3 Å². The number of benzene rings is 1. The fraction of sp³-hybridized carbons (Fsp3) is 0.478. The number of ether oxygens (including phenoxy) is 1. The second-order valence-corrected chi connectivity index (χ2v) is 9.69. The Morgan fingerprint density at radius 1 is 1.21 bits per heavy atom. The monoisotopic (exact) mass is 490 g/mol. The number of carbonyl (C=O) groups is 3. The number of rotatable bonds is 7. The van der Waals surface area contributed by atoms with Crippen LogP contribution in [0.5, 0.6) is 0 Å². The molecule has 2 fully saturated rings. The van der Waals surface area contributed by atoms with Crippen LogP contribution in [0.2, 0.25) is 5.02 Å². The van der Waals surface area contributed by atoms with Gasteiger partial charge in [-0.15, -0.1) is 11.3 Å². The number of esters is 1. The number of anilines is 1. The first-order valence-electron chi connectivity index (χ1n) is 11.2. The molecule has 0 bridgehead atoms. The normalized spacial score (nSPS) is 19.1. The van der Waals surface area contributed by atoms with E-state index in [9.17, 15) is 14.4 Å². The largest absolute Gasteiger partial charge is 0.443 e. The molecule has 1 aliphatic heterocycles. The van der Waals surface area contributed by atoms with E-state index in [1.807, 2.05) is 0 Å². The molecule has 10 heteroatoms. The minimum Gasteiger partial charge on any atom is -0.443 e. The molecule has 1 aliphatic carbocycles. The second kappa shape index (κ2) is 11.1. The van der Waals surface area contributed by atoms with Crippen molar-refractivity contribution in [1.82, 2.24) is 9.88 Å². The van der Waals surface area contributed by atoms with Crippen molar-refractivity contribution in [3.63, 3.8) is 0 Å². The van der Waals surface area contributed by atoms with E-state index >= 15 is 0 Å². The van der Waals surface area contributed by atoms with Gasteiger partial charge < -0.3 is 15.4 Å². The SMILES string of the molecule is O=C(CC1CCCC1)Nc1ccc(C(=O)N=c2sccn2COC(=O)C2CCCN2)cc1Cl. The quantitative estimate of drug-likeness (QED) is 0.576. The predicted molar refractivity (Wildman–Crippen MR) is 126 cm³/mol. The minimum absolute atomic E-state index is 0.0145. The van der Waals surface area contributed by atoms with Gasteiger partial charge in [-0.25, -0.2) is 0 Å². The molecule has 2 amide bonds. The molecule has 0 spiro atoms. The van der Waals surface area contributed by atoms with Crippen molar-refractivity contribution >= 4 is 46.4 Å². The number of thiazole rings is 1. The van der Waals surface area contributed by atoms with Crippen LogP contribution in [0.3, 0.4) is 0 Å². The summed E-state index contributed by atoms with van der Waals surface area (Å²) in [6.07, 6.45) is 8.47. The van der Waals surface area contributed by atoms with E-state index in [2.05, 4.69) is 15.6 Å². The third-order valence-corrected chi connectivity index (χ3v) is 7.09. The van der Waals surface area contributed by atoms with Gasteiger partial charge in [-0.2, -0.15) is 4.99 Å². The maximum absolute atomic E-state index is 12.7. The van der Waals surface area contributed by atoms with Crippen LogP contribution in [0.4, 0.5) is 5.69 Å². The average Bonchev–Trinajstić information content (AvgIpc) is 3.57. The molecule has 8 nitrogen and oxygen atoms in total. The number of hydrogen-bond donors (Lipinski definition) is 2. The lowest BCUT2D eigenvalue weighted by Crippen LogP contribution is -2.33. The molecule has 1 saturated heterocycles. The molecule has 1 saturated carbocycles. The van der Waals surface area contributed by atoms with Gasteiger partial charge in [0.05, 0.1) is 10.7 Å². The van der Waals surface area contributed by atoms with Crippen molar-refractivity contribution in [3.05, 3.63) is 45.2 Å². The summed E-state index contributed by atoms with van der Waals surface area (Å²) in [5, 5.41) is 7.99. The maximum Gasteiger partial charge on any atom is 0.324 e. The Morgan fingerprint density at radius 3 is 2.76 bits per heavy atom. The maximum atomic E-state index is 12.7. The van der Waals surface area contributed by atoms with Gasteiger partial charge in [0.1, 0.15) is 6.04 Å². The van der Waals surface area contributed by atoms with Crippen LogP contribution in [0.15, 0.2) is 34.8 Å². The summed E-state index contributed by atoms with van der Waals surface area (Å²) in [5.41, 5.74) is 0.788. The molecule has 33 heavy (non-hydrogen) atoms. The van der Waals surface area contributed by atoms with E-state index in [1.54, 1.807) is 28.3 Å². The lowest BCUT2D eigenvalue weighted by atomic mass is 10.0. The first-order valence-corrected chi connectivity index (χ1v) is 12.5. The molecular weight excluding hydrogens is 464 g/mol. The second-order valence-electron chi connectivity index (χ2n) is 8.41. The third-order valence-electron chi connectivity index (χ3n) is 5.99. The highest BCUT2D eigenvalue weighted by atomic mass is 35.5. The fourth-order valence-electron chi connectivity index (χ4n) is 4.18. The molecule has 0 radical (unpaired) electrons. The lowest BCUT2D eigenvalue weighted by Gasteiger charge is -2.11. The zero-order valence-corrected chi connectivity index (χ0v) is 19.8. The van der Waals surface area contributed by atoms with Gasteiger partial charge in [-0.1, -0.05) is 24.4 Å². The van der Waals surface area contributed by atoms with Crippen LogP contribution in [0.25, 0.3) is 0 Å². The third kappa shape index (κ3) is 6.31. The highest BCUT2D eigenvalue weighted by molar-refractivity contribution is 7.07. The predicted octanol–water partition coefficient (Wildman–Crippen LogP) is 3.72. The Bertz CT molecular complexity index is 1080. The Morgan fingerprint density at radius 2 is 2.03 bits per heavy atom. The van der Waals surface area contributed by atoms with Crippen LogP contribution in [0.1, 0.15) is 55.3 Å². The number of amides is 2. The number of aromatic nitrogens is 1. The summed E-state index contributed by atoms with van der Waals surface area (Å²) in [6, 6.07) is 4.44. The Balaban J connectivity index is 1.38. The van der Waals surface area contributed by atoms with Crippen molar-refractivity contribution in [2.45, 2.75) is 57.7 Å². The van der Waals surface area contributed by atoms with Gasteiger partial charge >= 0.3 is 5.97 Å². The van der Waals surface area contributed by atoms with Crippen molar-refractivity contribution in [1.29, 1.82) is 0 Å². The highest BCUT2D eigenvalue weighted by Crippen LogP contribution is 2.29. The highest BCUT2D eigenvalue weighted by Gasteiger charge is 2.23. The van der Waals surface area contributed by atoms with E-state index in [0.717, 1.165) is 32.2 Å². The van der Waals surface area contributed by atoms with Crippen LogP contribution >= 0.6 is 22.9 Å². The summed E-state index contributed by atoms with van der Waals surface area (Å²) in [7, 11) is 0. The van der Waals surface area contributed by atoms with Crippen molar-refractivity contribution < 1.29 is 19.1 Å². The summed E-state index contributed by atoms with van der Waals surface area (Å²) < 4.78 is 6.96. The Labute approximate surface area is 201 Å². The number of halogens is 1. The molecule has 2 N–H and O–H groups in total. The minimum atomic E-state index is -0.472. The Hall–Kier alpha value is -2.49. The van der Waals surface area contributed by atoms with Gasteiger partial charge in [0, 0.05) is 23.6 Å². The fourth-order valence-corrected chi connectivity index (χ4v) is 5.13. The summed E-state index contributed by atoms with van der Waals surface area (Å²) in [4.78, 5) is 41.6. The standard InChI is InChI=1S/C23H27ClN4O4S/c24-17-13-16(7-8-18(17)26-20(29)12-15-4-1-2-5-15)21(30)27-23-28(10-11-33-23)14-32-22(31)19-6-3-9-25-19/h7-8,10-11,13,15,19,25H,1-6,9,12,14H2,(H,26,29). The molecule has 2 heterocycles. The number of nitrogens with zero attached hydrogens (tertiary/aromatic N) is 2. The molecule has 1 aromatic carbocycles. The van der Waals surface area contributed by atoms with Crippen LogP contribution in [-0.4, -0.2) is 34.9 Å². The molecule has 4 rings (SSSR count). The van der Waals surface area contributed by atoms with Gasteiger partial charge in [-0.05, 0) is 56.3 Å².